The number of hydrogen-bond donors (Lipinski definition) is 4. The summed E-state index contributed by atoms with van der Waals surface area (Å²) in [6.45, 7) is 9.25. The molecule has 3 heterocycles. The minimum absolute atomic E-state index is 0.0759. The van der Waals surface area contributed by atoms with Gasteiger partial charge >= 0.3 is 0 Å². The molecule has 6 N–H and O–H groups in total. The number of nitrogens with two attached hydrogens (primary N) is 2. The van der Waals surface area contributed by atoms with Crippen LogP contribution in [0.15, 0.2) is 59.9 Å². The first-order chi connectivity index (χ1) is 22.3. The van der Waals surface area contributed by atoms with Gasteiger partial charge in [0.2, 0.25) is 5.91 Å². The number of carbonyl (C=O) groups excluding carboxylic acids is 1. The van der Waals surface area contributed by atoms with Crippen LogP contribution in [-0.2, 0) is 20.8 Å². The Hall–Kier alpha value is -3.52. The first-order valence-electron chi connectivity index (χ1n) is 15.4. The largest absolute Gasteiger partial charge is 0.494 e. The number of amides is 1. The molecule has 1 amide bonds. The number of halogens is 2. The van der Waals surface area contributed by atoms with Crippen molar-refractivity contribution < 1.29 is 19.1 Å². The molecule has 0 aliphatic carbocycles. The van der Waals surface area contributed by atoms with Gasteiger partial charge in [0.05, 0.1) is 54.4 Å². The molecule has 0 aromatic heterocycles. The summed E-state index contributed by atoms with van der Waals surface area (Å²) in [4.78, 5) is 27.8. The molecule has 2 aromatic carbocycles. The highest BCUT2D eigenvalue weighted by molar-refractivity contribution is 6.42. The topological polar surface area (TPSA) is 143 Å². The van der Waals surface area contributed by atoms with Crippen molar-refractivity contribution in [3.8, 4) is 5.75 Å². The number of benzene rings is 2. The van der Waals surface area contributed by atoms with Gasteiger partial charge in [-0.15, -0.1) is 0 Å². The van der Waals surface area contributed by atoms with Crippen LogP contribution in [0.5, 0.6) is 5.75 Å². The van der Waals surface area contributed by atoms with Crippen LogP contribution >= 0.6 is 23.2 Å². The van der Waals surface area contributed by atoms with Gasteiger partial charge in [0.1, 0.15) is 23.1 Å². The van der Waals surface area contributed by atoms with E-state index in [0.29, 0.717) is 52.1 Å². The number of ether oxygens (including phenoxy) is 2. The molecule has 0 bridgehead atoms. The van der Waals surface area contributed by atoms with Gasteiger partial charge in [-0.3, -0.25) is 14.5 Å². The Balaban J connectivity index is 1.38. The number of aliphatic imine (C=N–C) groups is 1. The summed E-state index contributed by atoms with van der Waals surface area (Å²) in [7, 11) is 1.58. The third-order valence-electron chi connectivity index (χ3n) is 8.53. The third kappa shape index (κ3) is 8.06. The molecule has 1 atom stereocenters. The fourth-order valence-corrected chi connectivity index (χ4v) is 6.57. The maximum Gasteiger partial charge on any atom is 0.247 e. The second kappa shape index (κ2) is 15.9. The highest BCUT2D eigenvalue weighted by atomic mass is 35.5. The molecular weight excluding hydrogens is 631 g/mol. The summed E-state index contributed by atoms with van der Waals surface area (Å²) in [5.74, 6) is 6.65. The predicted octanol–water partition coefficient (Wildman–Crippen LogP) is 3.97. The van der Waals surface area contributed by atoms with Crippen LogP contribution in [0, 0.1) is 0 Å². The van der Waals surface area contributed by atoms with E-state index in [-0.39, 0.29) is 17.8 Å². The third-order valence-corrected chi connectivity index (χ3v) is 9.39. The maximum absolute atomic E-state index is 12.5. The smallest absolute Gasteiger partial charge is 0.247 e. The van der Waals surface area contributed by atoms with Gasteiger partial charge in [-0.05, 0) is 49.5 Å². The van der Waals surface area contributed by atoms with Crippen LogP contribution in [0.4, 0.5) is 17.1 Å². The highest BCUT2D eigenvalue weighted by Gasteiger charge is 2.30. The van der Waals surface area contributed by atoms with Gasteiger partial charge in [-0.1, -0.05) is 41.9 Å². The van der Waals surface area contributed by atoms with Crippen LogP contribution in [0.2, 0.25) is 10.0 Å². The Kier molecular flexibility index (Phi) is 11.7. The van der Waals surface area contributed by atoms with Crippen molar-refractivity contribution in [2.24, 2.45) is 16.6 Å². The normalized spacial score (nSPS) is 20.1. The molecular formula is C32H42Cl2N8O4. The minimum atomic E-state index is -0.330. The molecule has 5 rings (SSSR count). The molecule has 3 aliphatic rings. The molecule has 3 aliphatic heterocycles. The number of hydrogen-bond acceptors (Lipinski definition) is 10. The molecule has 12 nitrogen and oxygen atoms in total. The molecule has 46 heavy (non-hydrogen) atoms. The van der Waals surface area contributed by atoms with E-state index >= 15 is 0 Å². The summed E-state index contributed by atoms with van der Waals surface area (Å²) in [5, 5.41) is 5.63. The number of piperidine rings is 1. The first kappa shape index (κ1) is 33.8. The van der Waals surface area contributed by atoms with Crippen molar-refractivity contribution in [1.29, 1.82) is 0 Å². The van der Waals surface area contributed by atoms with E-state index in [1.165, 1.54) is 6.08 Å². The van der Waals surface area contributed by atoms with E-state index in [1.807, 2.05) is 18.2 Å². The van der Waals surface area contributed by atoms with Crippen molar-refractivity contribution in [2.45, 2.75) is 37.8 Å². The second-order valence-electron chi connectivity index (χ2n) is 11.3. The molecule has 14 heteroatoms. The molecule has 0 saturated carbocycles. The van der Waals surface area contributed by atoms with E-state index in [1.54, 1.807) is 30.4 Å². The highest BCUT2D eigenvalue weighted by Crippen LogP contribution is 2.40. The molecule has 0 radical (unpaired) electrons. The number of nitrogens with one attached hydrogen (secondary N) is 2. The summed E-state index contributed by atoms with van der Waals surface area (Å²) in [5.41, 5.74) is 11.9. The Morgan fingerprint density at radius 1 is 1.15 bits per heavy atom. The van der Waals surface area contributed by atoms with E-state index < -0.39 is 0 Å². The summed E-state index contributed by atoms with van der Waals surface area (Å²) < 4.78 is 11.3. The SMILES string of the molecule is C=CC(=O)Nc1cc(N=C(N)/C=C(\NN)N2OCC[C@@H]2Cc2cccc(Cl)c2Cl)c(OC)cc1N1CCC(N2CCOCC2)CC1. The Bertz CT molecular complexity index is 1460. The lowest BCUT2D eigenvalue weighted by atomic mass is 10.0. The number of amidine groups is 1. The van der Waals surface area contributed by atoms with Gasteiger partial charge in [-0.2, -0.15) is 0 Å². The van der Waals surface area contributed by atoms with Crippen LogP contribution in [0.1, 0.15) is 24.8 Å². The number of hydrazine groups is 1. The van der Waals surface area contributed by atoms with E-state index in [4.69, 9.17) is 49.1 Å². The van der Waals surface area contributed by atoms with Crippen LogP contribution in [-0.4, -0.2) is 86.9 Å². The Morgan fingerprint density at radius 3 is 2.61 bits per heavy atom. The predicted molar refractivity (Wildman–Crippen MR) is 182 cm³/mol. The lowest BCUT2D eigenvalue weighted by molar-refractivity contribution is -0.111. The molecule has 2 aromatic rings. The number of hydroxylamine groups is 2. The molecule has 0 spiro atoms. The van der Waals surface area contributed by atoms with Crippen molar-refractivity contribution in [3.05, 3.63) is 70.5 Å². The van der Waals surface area contributed by atoms with Gasteiger partial charge in [-0.25, -0.2) is 15.9 Å². The number of rotatable bonds is 11. The van der Waals surface area contributed by atoms with Gasteiger partial charge in [0, 0.05) is 44.4 Å². The van der Waals surface area contributed by atoms with Crippen molar-refractivity contribution in [3.63, 3.8) is 0 Å². The first-order valence-corrected chi connectivity index (χ1v) is 16.2. The van der Waals surface area contributed by atoms with Crippen LogP contribution < -0.4 is 32.0 Å². The zero-order valence-corrected chi connectivity index (χ0v) is 27.5. The van der Waals surface area contributed by atoms with Crippen molar-refractivity contribution in [1.82, 2.24) is 15.4 Å². The maximum atomic E-state index is 12.5. The van der Waals surface area contributed by atoms with E-state index in [9.17, 15) is 4.79 Å². The van der Waals surface area contributed by atoms with Gasteiger partial charge in [0.15, 0.2) is 0 Å². The Labute approximate surface area is 279 Å². The fourth-order valence-electron chi connectivity index (χ4n) is 6.17. The van der Waals surface area contributed by atoms with Crippen LogP contribution in [0.25, 0.3) is 0 Å². The van der Waals surface area contributed by atoms with E-state index in [2.05, 4.69) is 32.1 Å². The number of methoxy groups -OCH3 is 1. The van der Waals surface area contributed by atoms with Crippen molar-refractivity contribution >= 4 is 52.0 Å². The monoisotopic (exact) mass is 672 g/mol. The summed E-state index contributed by atoms with van der Waals surface area (Å²) in [6, 6.07) is 9.64. The van der Waals surface area contributed by atoms with Gasteiger partial charge in [0.25, 0.3) is 0 Å². The number of nitrogens with zero attached hydrogens (tertiary/aromatic N) is 4. The van der Waals surface area contributed by atoms with Crippen molar-refractivity contribution in [2.75, 3.05) is 63.3 Å². The fraction of sp³-hybridized carbons (Fsp3) is 0.438. The number of carbonyl (C=O) groups is 1. The lowest BCUT2D eigenvalue weighted by Gasteiger charge is -2.41. The van der Waals surface area contributed by atoms with Gasteiger partial charge < -0.3 is 30.8 Å². The summed E-state index contributed by atoms with van der Waals surface area (Å²) >= 11 is 12.7. The summed E-state index contributed by atoms with van der Waals surface area (Å²) in [6.07, 6.45) is 6.16. The zero-order valence-electron chi connectivity index (χ0n) is 26.0. The molecule has 3 fully saturated rings. The number of anilines is 2. The molecule has 248 valence electrons. The molecule has 3 saturated heterocycles. The van der Waals surface area contributed by atoms with E-state index in [0.717, 1.165) is 69.9 Å². The standard InChI is InChI=1S/C32H42Cl2N8O4/c1-3-31(43)38-25-18-26(28(44-2)19-27(25)41-10-7-22(8-11-41)40-12-15-45-16-13-40)37-29(35)20-30(39-36)42-23(9-14-46-42)17-21-5-4-6-24(33)32(21)34/h3-6,18-20,22-23,39H,1,7-17,36H2,2H3,(H2,35,37)(H,38,43)/b30-20+/t23-/m1/s1. The second-order valence-corrected chi connectivity index (χ2v) is 12.1. The van der Waals surface area contributed by atoms with Crippen LogP contribution in [0.3, 0.4) is 0 Å². The Morgan fingerprint density at radius 2 is 1.91 bits per heavy atom. The minimum Gasteiger partial charge on any atom is -0.494 e. The average molecular weight is 674 g/mol. The quantitative estimate of drug-likeness (QED) is 0.0910. The average Bonchev–Trinajstić information content (AvgIpc) is 3.54. The lowest BCUT2D eigenvalue weighted by Crippen LogP contribution is -2.49. The number of morpholine rings is 1. The molecule has 0 unspecified atom stereocenters. The zero-order chi connectivity index (χ0) is 32.6.